The molecule has 1 aromatic heterocycles. The smallest absolute Gasteiger partial charge is 0.339 e. The van der Waals surface area contributed by atoms with Crippen molar-refractivity contribution in [3.63, 3.8) is 0 Å². The maximum Gasteiger partial charge on any atom is 0.339 e. The number of carbonyl (C=O) groups excluding carboxylic acids is 1. The van der Waals surface area contributed by atoms with E-state index in [1.165, 1.54) is 0 Å². The Bertz CT molecular complexity index is 1390. The van der Waals surface area contributed by atoms with Crippen LogP contribution in [0.25, 0.3) is 11.0 Å². The predicted molar refractivity (Wildman–Crippen MR) is 144 cm³/mol. The average molecular weight is 544 g/mol. The molecule has 1 saturated heterocycles. The molecule has 1 aliphatic heterocycles. The van der Waals surface area contributed by atoms with Crippen LogP contribution in [0.1, 0.15) is 55.2 Å². The zero-order valence-electron chi connectivity index (χ0n) is 20.9. The lowest BCUT2D eigenvalue weighted by Gasteiger charge is -2.47. The fourth-order valence-electron chi connectivity index (χ4n) is 5.74. The van der Waals surface area contributed by atoms with Crippen LogP contribution in [0.2, 0.25) is 10.0 Å². The molecule has 2 atom stereocenters. The normalized spacial score (nSPS) is 21.6. The van der Waals surface area contributed by atoms with Crippen molar-refractivity contribution in [3.05, 3.63) is 73.6 Å². The standard InChI is InChI=1S/C29H31Cl2NO5/c1-18-22-7-6-21(36-17-19-5-9-24(30)25(31)14-19)15-26(22)37-28(34)23(18)8-10-27(33)32-13-12-29(35)11-3-2-4-20(29)16-32/h5-7,9,14-15,20,35H,2-4,8,10-13,16-17H2,1H3/t20-,29-/m1/s1. The summed E-state index contributed by atoms with van der Waals surface area (Å²) in [6, 6.07) is 10.7. The molecular formula is C29H31Cl2NO5. The van der Waals surface area contributed by atoms with E-state index in [4.69, 9.17) is 32.4 Å². The van der Waals surface area contributed by atoms with Gasteiger partial charge in [0.05, 0.1) is 15.6 Å². The van der Waals surface area contributed by atoms with Crippen molar-refractivity contribution in [3.8, 4) is 5.75 Å². The van der Waals surface area contributed by atoms with Gasteiger partial charge in [-0.1, -0.05) is 42.1 Å². The zero-order chi connectivity index (χ0) is 26.2. The van der Waals surface area contributed by atoms with Crippen LogP contribution in [-0.4, -0.2) is 34.6 Å². The number of halogens is 2. The van der Waals surface area contributed by atoms with Crippen molar-refractivity contribution in [2.75, 3.05) is 13.1 Å². The van der Waals surface area contributed by atoms with Crippen molar-refractivity contribution >= 4 is 40.1 Å². The first-order valence-corrected chi connectivity index (χ1v) is 13.6. The molecule has 0 bridgehead atoms. The highest BCUT2D eigenvalue weighted by molar-refractivity contribution is 6.42. The van der Waals surface area contributed by atoms with Gasteiger partial charge in [0.25, 0.3) is 0 Å². The van der Waals surface area contributed by atoms with E-state index in [1.54, 1.807) is 18.2 Å². The molecule has 2 fully saturated rings. The summed E-state index contributed by atoms with van der Waals surface area (Å²) in [7, 11) is 0. The second-order valence-electron chi connectivity index (χ2n) is 10.3. The number of benzene rings is 2. The van der Waals surface area contributed by atoms with Crippen molar-refractivity contribution in [2.24, 2.45) is 5.92 Å². The fraction of sp³-hybridized carbons (Fsp3) is 0.448. The van der Waals surface area contributed by atoms with Gasteiger partial charge in [-0.2, -0.15) is 0 Å². The van der Waals surface area contributed by atoms with Crippen LogP contribution < -0.4 is 10.4 Å². The van der Waals surface area contributed by atoms with Gasteiger partial charge >= 0.3 is 5.63 Å². The molecule has 3 aromatic rings. The summed E-state index contributed by atoms with van der Waals surface area (Å²) >= 11 is 12.0. The van der Waals surface area contributed by atoms with E-state index < -0.39 is 11.2 Å². The third kappa shape index (κ3) is 5.52. The minimum Gasteiger partial charge on any atom is -0.489 e. The van der Waals surface area contributed by atoms with E-state index in [-0.39, 0.29) is 18.2 Å². The first-order valence-electron chi connectivity index (χ1n) is 12.9. The predicted octanol–water partition coefficient (Wildman–Crippen LogP) is 6.07. The van der Waals surface area contributed by atoms with Crippen LogP contribution in [0.5, 0.6) is 5.75 Å². The highest BCUT2D eigenvalue weighted by Crippen LogP contribution is 2.40. The summed E-state index contributed by atoms with van der Waals surface area (Å²) in [6.07, 6.45) is 5.16. The van der Waals surface area contributed by atoms with Crippen LogP contribution in [-0.2, 0) is 17.8 Å². The van der Waals surface area contributed by atoms with Gasteiger partial charge in [-0.25, -0.2) is 4.79 Å². The van der Waals surface area contributed by atoms with Gasteiger partial charge in [0.2, 0.25) is 5.91 Å². The Hall–Kier alpha value is -2.54. The molecule has 2 heterocycles. The van der Waals surface area contributed by atoms with E-state index >= 15 is 0 Å². The topological polar surface area (TPSA) is 80.0 Å². The Labute approximate surface area is 226 Å². The van der Waals surface area contributed by atoms with E-state index in [0.29, 0.717) is 59.5 Å². The summed E-state index contributed by atoms with van der Waals surface area (Å²) in [6.45, 7) is 3.35. The number of hydrogen-bond donors (Lipinski definition) is 1. The molecule has 2 aromatic carbocycles. The van der Waals surface area contributed by atoms with Crippen LogP contribution in [0, 0.1) is 12.8 Å². The number of ether oxygens (including phenoxy) is 1. The number of aryl methyl sites for hydroxylation is 1. The maximum absolute atomic E-state index is 13.0. The molecule has 0 spiro atoms. The molecular weight excluding hydrogens is 513 g/mol. The summed E-state index contributed by atoms with van der Waals surface area (Å²) in [4.78, 5) is 27.7. The Balaban J connectivity index is 1.25. The molecule has 1 N–H and O–H groups in total. The highest BCUT2D eigenvalue weighted by Gasteiger charge is 2.43. The summed E-state index contributed by atoms with van der Waals surface area (Å²) in [5.74, 6) is 0.744. The molecule has 8 heteroatoms. The van der Waals surface area contributed by atoms with Crippen LogP contribution in [0.4, 0.5) is 0 Å². The number of fused-ring (bicyclic) bond motifs is 2. The highest BCUT2D eigenvalue weighted by atomic mass is 35.5. The Morgan fingerprint density at radius 3 is 2.81 bits per heavy atom. The van der Waals surface area contributed by atoms with Crippen molar-refractivity contribution < 1.29 is 19.1 Å². The van der Waals surface area contributed by atoms with E-state index in [9.17, 15) is 14.7 Å². The van der Waals surface area contributed by atoms with Gasteiger partial charge in [-0.3, -0.25) is 4.79 Å². The van der Waals surface area contributed by atoms with E-state index in [2.05, 4.69) is 0 Å². The van der Waals surface area contributed by atoms with Gasteiger partial charge in [-0.05, 0) is 68.0 Å². The van der Waals surface area contributed by atoms with Crippen LogP contribution in [0.15, 0.2) is 45.6 Å². The van der Waals surface area contributed by atoms with E-state index in [1.807, 2.05) is 30.0 Å². The van der Waals surface area contributed by atoms with Crippen LogP contribution in [0.3, 0.4) is 0 Å². The SMILES string of the molecule is Cc1c(CCC(=O)N2CC[C@]3(O)CCCC[C@@H]3C2)c(=O)oc2cc(OCc3ccc(Cl)c(Cl)c3)ccc12. The van der Waals surface area contributed by atoms with E-state index in [0.717, 1.165) is 42.2 Å². The molecule has 1 saturated carbocycles. The molecule has 0 radical (unpaired) electrons. The Morgan fingerprint density at radius 2 is 2.00 bits per heavy atom. The number of rotatable bonds is 6. The van der Waals surface area contributed by atoms with Gasteiger partial charge in [0.1, 0.15) is 17.9 Å². The second kappa shape index (κ2) is 10.7. The first kappa shape index (κ1) is 26.1. The van der Waals surface area contributed by atoms with Crippen molar-refractivity contribution in [1.82, 2.24) is 4.90 Å². The largest absolute Gasteiger partial charge is 0.489 e. The molecule has 6 nitrogen and oxygen atoms in total. The quantitative estimate of drug-likeness (QED) is 0.381. The second-order valence-corrected chi connectivity index (χ2v) is 11.1. The number of nitrogens with zero attached hydrogens (tertiary/aromatic N) is 1. The lowest BCUT2D eigenvalue weighted by atomic mass is 9.71. The third-order valence-electron chi connectivity index (χ3n) is 8.02. The monoisotopic (exact) mass is 543 g/mol. The minimum atomic E-state index is -0.616. The van der Waals surface area contributed by atoms with Crippen molar-refractivity contribution in [2.45, 2.75) is 64.1 Å². The summed E-state index contributed by atoms with van der Waals surface area (Å²) in [5.41, 5.74) is 1.60. The molecule has 1 aliphatic carbocycles. The molecule has 37 heavy (non-hydrogen) atoms. The maximum atomic E-state index is 13.0. The van der Waals surface area contributed by atoms with Gasteiger partial charge < -0.3 is 19.2 Å². The lowest BCUT2D eigenvalue weighted by Crippen LogP contribution is -2.54. The number of piperidine rings is 1. The molecule has 2 aliphatic rings. The van der Waals surface area contributed by atoms with Crippen LogP contribution >= 0.6 is 23.2 Å². The Morgan fingerprint density at radius 1 is 1.16 bits per heavy atom. The van der Waals surface area contributed by atoms with Gasteiger partial charge in [0, 0.05) is 42.4 Å². The molecule has 1 amide bonds. The number of amides is 1. The van der Waals surface area contributed by atoms with Crippen molar-refractivity contribution in [1.29, 1.82) is 0 Å². The third-order valence-corrected chi connectivity index (χ3v) is 8.76. The lowest BCUT2D eigenvalue weighted by molar-refractivity contribution is -0.143. The average Bonchev–Trinajstić information content (AvgIpc) is 2.88. The minimum absolute atomic E-state index is 0.0255. The fourth-order valence-corrected chi connectivity index (χ4v) is 6.06. The number of likely N-dealkylation sites (tertiary alicyclic amines) is 1. The van der Waals surface area contributed by atoms with Gasteiger partial charge in [0.15, 0.2) is 0 Å². The molecule has 196 valence electrons. The first-order chi connectivity index (χ1) is 17.7. The number of aliphatic hydroxyl groups is 1. The Kier molecular flexibility index (Phi) is 7.53. The summed E-state index contributed by atoms with van der Waals surface area (Å²) in [5, 5.41) is 12.7. The van der Waals surface area contributed by atoms with Gasteiger partial charge in [-0.15, -0.1) is 0 Å². The summed E-state index contributed by atoms with van der Waals surface area (Å²) < 4.78 is 11.5. The zero-order valence-corrected chi connectivity index (χ0v) is 22.4. The molecule has 5 rings (SSSR count). The molecule has 0 unspecified atom stereocenters. The number of carbonyl (C=O) groups is 1. The number of hydrogen-bond acceptors (Lipinski definition) is 5.